The monoisotopic (exact) mass is 533 g/mol. The fourth-order valence-electron chi connectivity index (χ4n) is 5.60. The zero-order valence-electron chi connectivity index (χ0n) is 21.2. The summed E-state index contributed by atoms with van der Waals surface area (Å²) in [4.78, 5) is 0. The molecule has 0 aromatic heterocycles. The molecule has 3 heterocycles. The summed E-state index contributed by atoms with van der Waals surface area (Å²) < 4.78 is 30.1. The van der Waals surface area contributed by atoms with E-state index in [1.54, 1.807) is 14.0 Å². The van der Waals surface area contributed by atoms with Gasteiger partial charge >= 0.3 is 0 Å². The molecule has 15 atom stereocenters. The van der Waals surface area contributed by atoms with Crippen LogP contribution in [0.15, 0.2) is 0 Å². The molecule has 0 aromatic carbocycles. The molecule has 1 aliphatic carbocycles. The van der Waals surface area contributed by atoms with Crippen molar-refractivity contribution < 1.29 is 39.0 Å². The lowest BCUT2D eigenvalue weighted by atomic mass is 9.87. The van der Waals surface area contributed by atoms with Gasteiger partial charge in [-0.25, -0.2) is 0 Å². The predicted octanol–water partition coefficient (Wildman–Crippen LogP) is -4.34. The summed E-state index contributed by atoms with van der Waals surface area (Å²) in [6.07, 6.45) is -6.72. The highest BCUT2D eigenvalue weighted by molar-refractivity contribution is 5.74. The average molecular weight is 534 g/mol. The highest BCUT2D eigenvalue weighted by Gasteiger charge is 2.52. The molecule has 3 aliphatic heterocycles. The molecule has 214 valence electrons. The zero-order valence-corrected chi connectivity index (χ0v) is 21.2. The fourth-order valence-corrected chi connectivity index (χ4v) is 5.60. The molecular formula is C22H43N7O8. The van der Waals surface area contributed by atoms with E-state index in [0.717, 1.165) is 0 Å². The van der Waals surface area contributed by atoms with Gasteiger partial charge in [-0.1, -0.05) is 0 Å². The van der Waals surface area contributed by atoms with Gasteiger partial charge in [0.25, 0.3) is 0 Å². The summed E-state index contributed by atoms with van der Waals surface area (Å²) in [5.74, 6) is -0.215. The maximum Gasteiger partial charge on any atom is 0.187 e. The minimum absolute atomic E-state index is 0.215. The van der Waals surface area contributed by atoms with E-state index >= 15 is 0 Å². The average Bonchev–Trinajstić information content (AvgIpc) is 2.81. The number of rotatable bonds is 6. The molecule has 0 radical (unpaired) electrons. The van der Waals surface area contributed by atoms with Gasteiger partial charge in [0.1, 0.15) is 18.3 Å². The second-order valence-electron chi connectivity index (χ2n) is 10.6. The second kappa shape index (κ2) is 11.9. The standard InChI is InChI=1S/C22H43N7O8/c1-7-11(29-22(26)27)5-13(31)20(33-7)37-21-16(28-2)17(32)18-15(35-21)4-10(25)19(36-18)34-14-6-12(30)8(23)3-9(14)24/h7-21,28,30-32H,3-6,23-25H2,1-2H3,(H4,26,27,29)/t7?,8-,9?,10?,11+,12?,13?,14+,15+,16?,17?,18?,19+,20-,21?/m1/s1. The van der Waals surface area contributed by atoms with Crippen LogP contribution >= 0.6 is 0 Å². The van der Waals surface area contributed by atoms with Crippen molar-refractivity contribution in [2.45, 2.75) is 124 Å². The number of ether oxygens (including phenoxy) is 5. The first-order valence-electron chi connectivity index (χ1n) is 12.8. The quantitative estimate of drug-likeness (QED) is 0.114. The third-order valence-electron chi connectivity index (χ3n) is 7.78. The first-order valence-corrected chi connectivity index (χ1v) is 12.8. The number of nitrogens with one attached hydrogen (secondary N) is 3. The highest BCUT2D eigenvalue weighted by atomic mass is 16.8. The third-order valence-corrected chi connectivity index (χ3v) is 7.78. The van der Waals surface area contributed by atoms with Crippen molar-refractivity contribution in [1.29, 1.82) is 5.41 Å². The smallest absolute Gasteiger partial charge is 0.187 e. The van der Waals surface area contributed by atoms with Crippen LogP contribution in [-0.4, -0.2) is 120 Å². The van der Waals surface area contributed by atoms with Crippen LogP contribution in [0.4, 0.5) is 0 Å². The van der Waals surface area contributed by atoms with E-state index in [1.807, 2.05) is 0 Å². The number of aliphatic hydroxyl groups is 3. The number of hydrogen-bond donors (Lipinski definition) is 10. The van der Waals surface area contributed by atoms with Crippen molar-refractivity contribution in [3.05, 3.63) is 0 Å². The lowest BCUT2D eigenvalue weighted by Crippen LogP contribution is -2.69. The predicted molar refractivity (Wildman–Crippen MR) is 130 cm³/mol. The molecule has 1 saturated carbocycles. The number of hydrogen-bond acceptors (Lipinski definition) is 13. The maximum absolute atomic E-state index is 11.2. The molecule has 4 aliphatic rings. The minimum atomic E-state index is -1.06. The number of aliphatic hydroxyl groups excluding tert-OH is 3. The van der Waals surface area contributed by atoms with Crippen molar-refractivity contribution in [3.8, 4) is 0 Å². The summed E-state index contributed by atoms with van der Waals surface area (Å²) in [5.41, 5.74) is 23.9. The SMILES string of the molecule is CNC1C(O[C@H]2OC(C)[C@@H](NC(=N)N)CC2O)O[C@H]2CC(N)[C@@H](O[C@H]3CC(O)[C@H](N)CC3N)OC2C1O. The van der Waals surface area contributed by atoms with Crippen molar-refractivity contribution >= 4 is 5.96 Å². The molecule has 4 fully saturated rings. The van der Waals surface area contributed by atoms with E-state index < -0.39 is 79.7 Å². The van der Waals surface area contributed by atoms with E-state index in [2.05, 4.69) is 10.6 Å². The Kier molecular flexibility index (Phi) is 9.25. The molecule has 0 amide bonds. The van der Waals surface area contributed by atoms with Crippen LogP contribution < -0.4 is 33.6 Å². The molecule has 0 bridgehead atoms. The number of fused-ring (bicyclic) bond motifs is 1. The molecule has 14 N–H and O–H groups in total. The first kappa shape index (κ1) is 28.8. The molecule has 3 saturated heterocycles. The third kappa shape index (κ3) is 6.34. The molecule has 15 heteroatoms. The van der Waals surface area contributed by atoms with Gasteiger partial charge in [-0.2, -0.15) is 0 Å². The van der Waals surface area contributed by atoms with E-state index in [4.69, 9.17) is 52.0 Å². The van der Waals surface area contributed by atoms with E-state index in [1.165, 1.54) is 0 Å². The Balaban J connectivity index is 1.38. The van der Waals surface area contributed by atoms with E-state index in [9.17, 15) is 15.3 Å². The van der Waals surface area contributed by atoms with Crippen LogP contribution in [0, 0.1) is 5.41 Å². The Morgan fingerprint density at radius 2 is 1.59 bits per heavy atom. The summed E-state index contributed by atoms with van der Waals surface area (Å²) in [5, 5.41) is 45.1. The molecule has 37 heavy (non-hydrogen) atoms. The van der Waals surface area contributed by atoms with Crippen LogP contribution in [0.1, 0.15) is 32.6 Å². The van der Waals surface area contributed by atoms with Gasteiger partial charge in [0.2, 0.25) is 0 Å². The van der Waals surface area contributed by atoms with E-state index in [-0.39, 0.29) is 30.9 Å². The topological polar surface area (TPSA) is 259 Å². The Bertz CT molecular complexity index is 783. The number of likely N-dealkylation sites (N-methyl/N-ethyl adjacent to an activating group) is 1. The van der Waals surface area contributed by atoms with Crippen LogP contribution in [0.2, 0.25) is 0 Å². The Morgan fingerprint density at radius 1 is 0.865 bits per heavy atom. The Labute approximate surface area is 215 Å². The normalized spacial score (nSPS) is 50.8. The van der Waals surface area contributed by atoms with E-state index in [0.29, 0.717) is 12.8 Å². The van der Waals surface area contributed by atoms with Gasteiger partial charge in [0.05, 0.1) is 42.5 Å². The molecule has 4 rings (SSSR count). The van der Waals surface area contributed by atoms with Crippen molar-refractivity contribution in [1.82, 2.24) is 10.6 Å². The van der Waals surface area contributed by atoms with Gasteiger partial charge in [-0.05, 0) is 26.8 Å². The summed E-state index contributed by atoms with van der Waals surface area (Å²) in [6.45, 7) is 1.78. The van der Waals surface area contributed by atoms with Crippen LogP contribution in [0.5, 0.6) is 0 Å². The van der Waals surface area contributed by atoms with Crippen molar-refractivity contribution in [2.75, 3.05) is 7.05 Å². The number of guanidine groups is 1. The first-order chi connectivity index (χ1) is 17.5. The Morgan fingerprint density at radius 3 is 2.27 bits per heavy atom. The van der Waals surface area contributed by atoms with Crippen LogP contribution in [0.3, 0.4) is 0 Å². The molecule has 15 nitrogen and oxygen atoms in total. The van der Waals surface area contributed by atoms with Gasteiger partial charge in [0, 0.05) is 24.9 Å². The summed E-state index contributed by atoms with van der Waals surface area (Å²) in [7, 11) is 1.65. The summed E-state index contributed by atoms with van der Waals surface area (Å²) >= 11 is 0. The number of nitrogens with two attached hydrogens (primary N) is 4. The van der Waals surface area contributed by atoms with Crippen molar-refractivity contribution in [3.63, 3.8) is 0 Å². The fraction of sp³-hybridized carbons (Fsp3) is 0.955. The van der Waals surface area contributed by atoms with Gasteiger partial charge < -0.3 is 72.6 Å². The lowest BCUT2D eigenvalue weighted by molar-refractivity contribution is -0.364. The van der Waals surface area contributed by atoms with Gasteiger partial charge in [-0.15, -0.1) is 0 Å². The molecule has 0 spiro atoms. The van der Waals surface area contributed by atoms with Gasteiger partial charge in [-0.3, -0.25) is 5.41 Å². The van der Waals surface area contributed by atoms with Gasteiger partial charge in [0.15, 0.2) is 24.8 Å². The minimum Gasteiger partial charge on any atom is -0.391 e. The second-order valence-corrected chi connectivity index (χ2v) is 10.6. The molecule has 0 aromatic rings. The summed E-state index contributed by atoms with van der Waals surface area (Å²) in [6, 6.07) is -2.45. The zero-order chi connectivity index (χ0) is 27.0. The molecule has 9 unspecified atom stereocenters. The van der Waals surface area contributed by atoms with Crippen LogP contribution in [-0.2, 0) is 23.7 Å². The molecular weight excluding hydrogens is 490 g/mol. The highest BCUT2D eigenvalue weighted by Crippen LogP contribution is 2.35. The largest absolute Gasteiger partial charge is 0.391 e. The van der Waals surface area contributed by atoms with Crippen molar-refractivity contribution in [2.24, 2.45) is 22.9 Å². The Hall–Kier alpha value is -1.21. The lowest BCUT2D eigenvalue weighted by Gasteiger charge is -2.51. The maximum atomic E-state index is 11.2. The van der Waals surface area contributed by atoms with Crippen LogP contribution in [0.25, 0.3) is 0 Å².